The van der Waals surface area contributed by atoms with Gasteiger partial charge in [0, 0.05) is 25.2 Å². The van der Waals surface area contributed by atoms with Crippen molar-refractivity contribution < 1.29 is 9.53 Å². The highest BCUT2D eigenvalue weighted by atomic mass is 16.5. The maximum Gasteiger partial charge on any atom is 0.253 e. The van der Waals surface area contributed by atoms with Crippen molar-refractivity contribution in [3.63, 3.8) is 0 Å². The van der Waals surface area contributed by atoms with Crippen LogP contribution in [0.3, 0.4) is 0 Å². The zero-order chi connectivity index (χ0) is 20.8. The van der Waals surface area contributed by atoms with Gasteiger partial charge in [0.25, 0.3) is 5.91 Å². The highest BCUT2D eigenvalue weighted by Gasteiger charge is 2.25. The van der Waals surface area contributed by atoms with E-state index in [-0.39, 0.29) is 5.91 Å². The third-order valence-corrected chi connectivity index (χ3v) is 5.77. The predicted octanol–water partition coefficient (Wildman–Crippen LogP) is 4.74. The van der Waals surface area contributed by atoms with Crippen molar-refractivity contribution in [2.24, 2.45) is 5.73 Å². The third kappa shape index (κ3) is 4.89. The smallest absolute Gasteiger partial charge is 0.253 e. The van der Waals surface area contributed by atoms with Gasteiger partial charge in [-0.3, -0.25) is 4.79 Å². The summed E-state index contributed by atoms with van der Waals surface area (Å²) in [5.41, 5.74) is 10.1. The maximum absolute atomic E-state index is 13.0. The third-order valence-electron chi connectivity index (χ3n) is 5.77. The minimum atomic E-state index is 0.0781. The standard InChI is InChI=1S/C26H28N2O2/c27-18-21-8-4-9-23(16-21)22-12-14-28(15-13-22)26(29)24-10-5-11-25(17-24)30-19-20-6-2-1-3-7-20/h1-11,16-17,22H,12-15,18-19,27H2. The Kier molecular flexibility index (Phi) is 6.45. The van der Waals surface area contributed by atoms with Crippen molar-refractivity contribution in [2.45, 2.75) is 31.9 Å². The Morgan fingerprint density at radius 2 is 1.63 bits per heavy atom. The van der Waals surface area contributed by atoms with Gasteiger partial charge in [0.2, 0.25) is 0 Å². The van der Waals surface area contributed by atoms with Crippen molar-refractivity contribution in [1.29, 1.82) is 0 Å². The van der Waals surface area contributed by atoms with Crippen molar-refractivity contribution in [3.05, 3.63) is 101 Å². The monoisotopic (exact) mass is 400 g/mol. The summed E-state index contributed by atoms with van der Waals surface area (Å²) in [5, 5.41) is 0. The summed E-state index contributed by atoms with van der Waals surface area (Å²) < 4.78 is 5.89. The molecule has 0 aliphatic carbocycles. The van der Waals surface area contributed by atoms with Gasteiger partial charge in [-0.1, -0.05) is 60.7 Å². The van der Waals surface area contributed by atoms with Crippen LogP contribution in [0.5, 0.6) is 5.75 Å². The number of hydrogen-bond donors (Lipinski definition) is 1. The second-order valence-corrected chi connectivity index (χ2v) is 7.82. The van der Waals surface area contributed by atoms with E-state index >= 15 is 0 Å². The van der Waals surface area contributed by atoms with Crippen LogP contribution in [-0.2, 0) is 13.2 Å². The second kappa shape index (κ2) is 9.59. The van der Waals surface area contributed by atoms with Gasteiger partial charge in [0.05, 0.1) is 0 Å². The normalized spacial score (nSPS) is 14.5. The summed E-state index contributed by atoms with van der Waals surface area (Å²) in [7, 11) is 0. The fourth-order valence-corrected chi connectivity index (χ4v) is 4.03. The number of amides is 1. The van der Waals surface area contributed by atoms with E-state index in [0.717, 1.165) is 37.2 Å². The zero-order valence-electron chi connectivity index (χ0n) is 17.2. The molecule has 4 heteroatoms. The fraction of sp³-hybridized carbons (Fsp3) is 0.269. The molecule has 1 heterocycles. The number of carbonyl (C=O) groups is 1. The molecule has 1 aliphatic heterocycles. The summed E-state index contributed by atoms with van der Waals surface area (Å²) in [5.74, 6) is 1.29. The summed E-state index contributed by atoms with van der Waals surface area (Å²) in [6, 6.07) is 26.1. The topological polar surface area (TPSA) is 55.6 Å². The number of piperidine rings is 1. The summed E-state index contributed by atoms with van der Waals surface area (Å²) >= 11 is 0. The largest absolute Gasteiger partial charge is 0.489 e. The average molecular weight is 401 g/mol. The van der Waals surface area contributed by atoms with Gasteiger partial charge in [0.1, 0.15) is 12.4 Å². The fourth-order valence-electron chi connectivity index (χ4n) is 4.03. The van der Waals surface area contributed by atoms with Gasteiger partial charge in [-0.15, -0.1) is 0 Å². The molecular weight excluding hydrogens is 372 g/mol. The Bertz CT molecular complexity index is 979. The van der Waals surface area contributed by atoms with E-state index in [1.807, 2.05) is 59.5 Å². The van der Waals surface area contributed by atoms with E-state index in [4.69, 9.17) is 10.5 Å². The lowest BCUT2D eigenvalue weighted by Crippen LogP contribution is -2.37. The van der Waals surface area contributed by atoms with Crippen molar-refractivity contribution in [3.8, 4) is 5.75 Å². The summed E-state index contributed by atoms with van der Waals surface area (Å²) in [6.07, 6.45) is 1.95. The van der Waals surface area contributed by atoms with Gasteiger partial charge in [-0.05, 0) is 53.6 Å². The van der Waals surface area contributed by atoms with Crippen LogP contribution in [0.2, 0.25) is 0 Å². The molecule has 30 heavy (non-hydrogen) atoms. The van der Waals surface area contributed by atoms with Crippen LogP contribution >= 0.6 is 0 Å². The van der Waals surface area contributed by atoms with Crippen molar-refractivity contribution >= 4 is 5.91 Å². The number of hydrogen-bond acceptors (Lipinski definition) is 3. The summed E-state index contributed by atoms with van der Waals surface area (Å²) in [4.78, 5) is 15.0. The molecule has 0 aromatic heterocycles. The molecule has 0 radical (unpaired) electrons. The number of carbonyl (C=O) groups excluding carboxylic acids is 1. The number of likely N-dealkylation sites (tertiary alicyclic amines) is 1. The van der Waals surface area contributed by atoms with Crippen LogP contribution in [0, 0.1) is 0 Å². The first kappa shape index (κ1) is 20.2. The molecule has 1 fully saturated rings. The molecule has 0 bridgehead atoms. The van der Waals surface area contributed by atoms with Crippen LogP contribution < -0.4 is 10.5 Å². The first-order valence-electron chi connectivity index (χ1n) is 10.6. The molecule has 3 aromatic rings. The lowest BCUT2D eigenvalue weighted by atomic mass is 9.88. The molecule has 0 spiro atoms. The molecular formula is C26H28N2O2. The Morgan fingerprint density at radius 3 is 2.40 bits per heavy atom. The van der Waals surface area contributed by atoms with Gasteiger partial charge in [0.15, 0.2) is 0 Å². The van der Waals surface area contributed by atoms with Crippen LogP contribution in [0.25, 0.3) is 0 Å². The quantitative estimate of drug-likeness (QED) is 0.650. The Balaban J connectivity index is 1.36. The molecule has 0 saturated carbocycles. The SMILES string of the molecule is NCc1cccc(C2CCN(C(=O)c3cccc(OCc4ccccc4)c3)CC2)c1. The summed E-state index contributed by atoms with van der Waals surface area (Å²) in [6.45, 7) is 2.59. The molecule has 2 N–H and O–H groups in total. The molecule has 154 valence electrons. The van der Waals surface area contributed by atoms with Crippen LogP contribution in [-0.4, -0.2) is 23.9 Å². The van der Waals surface area contributed by atoms with E-state index in [1.54, 1.807) is 0 Å². The predicted molar refractivity (Wildman–Crippen MR) is 119 cm³/mol. The second-order valence-electron chi connectivity index (χ2n) is 7.82. The molecule has 4 nitrogen and oxygen atoms in total. The first-order chi connectivity index (χ1) is 14.7. The number of rotatable bonds is 6. The van der Waals surface area contributed by atoms with E-state index in [1.165, 1.54) is 11.1 Å². The lowest BCUT2D eigenvalue weighted by molar-refractivity contribution is 0.0712. The lowest BCUT2D eigenvalue weighted by Gasteiger charge is -2.32. The Labute approximate surface area is 178 Å². The molecule has 0 unspecified atom stereocenters. The van der Waals surface area contributed by atoms with Gasteiger partial charge < -0.3 is 15.4 Å². The van der Waals surface area contributed by atoms with Gasteiger partial charge >= 0.3 is 0 Å². The first-order valence-corrected chi connectivity index (χ1v) is 10.6. The number of benzene rings is 3. The average Bonchev–Trinajstić information content (AvgIpc) is 2.83. The number of nitrogens with two attached hydrogens (primary N) is 1. The van der Waals surface area contributed by atoms with Crippen LogP contribution in [0.4, 0.5) is 0 Å². The Hall–Kier alpha value is -3.11. The van der Waals surface area contributed by atoms with Gasteiger partial charge in [-0.2, -0.15) is 0 Å². The highest BCUT2D eigenvalue weighted by molar-refractivity contribution is 5.94. The minimum Gasteiger partial charge on any atom is -0.489 e. The Morgan fingerprint density at radius 1 is 0.900 bits per heavy atom. The van der Waals surface area contributed by atoms with E-state index in [2.05, 4.69) is 24.3 Å². The molecule has 1 saturated heterocycles. The molecule has 1 amide bonds. The van der Waals surface area contributed by atoms with Crippen molar-refractivity contribution in [1.82, 2.24) is 4.90 Å². The minimum absolute atomic E-state index is 0.0781. The van der Waals surface area contributed by atoms with E-state index in [9.17, 15) is 4.79 Å². The zero-order valence-corrected chi connectivity index (χ0v) is 17.2. The maximum atomic E-state index is 13.0. The number of ether oxygens (including phenoxy) is 1. The molecule has 4 rings (SSSR count). The van der Waals surface area contributed by atoms with Crippen molar-refractivity contribution in [2.75, 3.05) is 13.1 Å². The van der Waals surface area contributed by atoms with E-state index < -0.39 is 0 Å². The van der Waals surface area contributed by atoms with Crippen LogP contribution in [0.15, 0.2) is 78.9 Å². The molecule has 1 aliphatic rings. The molecule has 0 atom stereocenters. The highest BCUT2D eigenvalue weighted by Crippen LogP contribution is 2.29. The van der Waals surface area contributed by atoms with Crippen LogP contribution in [0.1, 0.15) is 45.8 Å². The number of nitrogens with zero attached hydrogens (tertiary/aromatic N) is 1. The molecule has 3 aromatic carbocycles. The van der Waals surface area contributed by atoms with E-state index in [0.29, 0.717) is 24.6 Å². The van der Waals surface area contributed by atoms with Gasteiger partial charge in [-0.25, -0.2) is 0 Å².